The summed E-state index contributed by atoms with van der Waals surface area (Å²) < 4.78 is 4.70. The summed E-state index contributed by atoms with van der Waals surface area (Å²) in [5.41, 5.74) is -1.65. The van der Waals surface area contributed by atoms with Crippen molar-refractivity contribution in [3.05, 3.63) is 10.1 Å². The van der Waals surface area contributed by atoms with Crippen LogP contribution in [0.15, 0.2) is 0 Å². The minimum Gasteiger partial charge on any atom is -0.458 e. The SMILES string of the molecule is CC(C)OC(=O)C(C)(C)[N+](=O)[O-]. The molecule has 0 aromatic rings. The van der Waals surface area contributed by atoms with Gasteiger partial charge in [-0.05, 0) is 13.8 Å². The molecule has 12 heavy (non-hydrogen) atoms. The number of carbonyl (C=O) groups is 1. The van der Waals surface area contributed by atoms with Gasteiger partial charge in [-0.25, -0.2) is 4.79 Å². The third-order valence-electron chi connectivity index (χ3n) is 1.30. The Labute approximate surface area is 70.9 Å². The van der Waals surface area contributed by atoms with Crippen LogP contribution in [0.25, 0.3) is 0 Å². The molecule has 0 aliphatic carbocycles. The smallest absolute Gasteiger partial charge is 0.384 e. The second-order valence-electron chi connectivity index (χ2n) is 3.27. The van der Waals surface area contributed by atoms with Crippen molar-refractivity contribution in [2.24, 2.45) is 0 Å². The summed E-state index contributed by atoms with van der Waals surface area (Å²) >= 11 is 0. The minimum absolute atomic E-state index is 0.322. The lowest BCUT2D eigenvalue weighted by molar-refractivity contribution is -0.546. The van der Waals surface area contributed by atoms with Crippen molar-refractivity contribution < 1.29 is 14.5 Å². The van der Waals surface area contributed by atoms with Crippen LogP contribution >= 0.6 is 0 Å². The quantitative estimate of drug-likeness (QED) is 0.364. The van der Waals surface area contributed by atoms with E-state index < -0.39 is 16.4 Å². The van der Waals surface area contributed by atoms with E-state index in [0.29, 0.717) is 0 Å². The normalized spacial score (nSPS) is 11.4. The van der Waals surface area contributed by atoms with Crippen LogP contribution in [0.4, 0.5) is 0 Å². The lowest BCUT2D eigenvalue weighted by Gasteiger charge is -2.15. The molecule has 0 bridgehead atoms. The van der Waals surface area contributed by atoms with Crippen molar-refractivity contribution in [3.8, 4) is 0 Å². The molecule has 5 nitrogen and oxygen atoms in total. The van der Waals surface area contributed by atoms with Crippen LogP contribution in [-0.2, 0) is 9.53 Å². The van der Waals surface area contributed by atoms with Crippen LogP contribution in [-0.4, -0.2) is 22.5 Å². The van der Waals surface area contributed by atoms with E-state index >= 15 is 0 Å². The van der Waals surface area contributed by atoms with Crippen LogP contribution in [0.5, 0.6) is 0 Å². The van der Waals surface area contributed by atoms with Crippen LogP contribution in [0.1, 0.15) is 27.7 Å². The van der Waals surface area contributed by atoms with Gasteiger partial charge >= 0.3 is 11.5 Å². The molecule has 0 amide bonds. The summed E-state index contributed by atoms with van der Waals surface area (Å²) in [4.78, 5) is 20.7. The monoisotopic (exact) mass is 175 g/mol. The fraction of sp³-hybridized carbons (Fsp3) is 0.857. The molecule has 0 N–H and O–H groups in total. The van der Waals surface area contributed by atoms with E-state index in [0.717, 1.165) is 0 Å². The van der Waals surface area contributed by atoms with Crippen molar-refractivity contribution in [3.63, 3.8) is 0 Å². The second-order valence-corrected chi connectivity index (χ2v) is 3.27. The Kier molecular flexibility index (Phi) is 3.18. The topological polar surface area (TPSA) is 69.4 Å². The first-order valence-electron chi connectivity index (χ1n) is 3.64. The minimum atomic E-state index is -1.65. The maximum absolute atomic E-state index is 11.1. The van der Waals surface area contributed by atoms with E-state index in [2.05, 4.69) is 0 Å². The number of esters is 1. The molecule has 0 aromatic heterocycles. The molecule has 0 saturated heterocycles. The van der Waals surface area contributed by atoms with Crippen LogP contribution < -0.4 is 0 Å². The van der Waals surface area contributed by atoms with E-state index in [-0.39, 0.29) is 6.10 Å². The fourth-order valence-electron chi connectivity index (χ4n) is 0.433. The highest BCUT2D eigenvalue weighted by Gasteiger charge is 2.42. The van der Waals surface area contributed by atoms with Gasteiger partial charge in [0, 0.05) is 18.8 Å². The maximum atomic E-state index is 11.1. The number of carbonyl (C=O) groups excluding carboxylic acids is 1. The molecule has 70 valence electrons. The molecular weight excluding hydrogens is 162 g/mol. The molecule has 0 radical (unpaired) electrons. The number of nitrogens with zero attached hydrogens (tertiary/aromatic N) is 1. The summed E-state index contributed by atoms with van der Waals surface area (Å²) in [6.07, 6.45) is -0.322. The van der Waals surface area contributed by atoms with Gasteiger partial charge in [-0.3, -0.25) is 10.1 Å². The molecule has 0 saturated carbocycles. The standard InChI is InChI=1S/C7H13NO4/c1-5(2)12-6(9)7(3,4)8(10)11/h5H,1-4H3. The van der Waals surface area contributed by atoms with Gasteiger partial charge in [0.05, 0.1) is 6.10 Å². The highest BCUT2D eigenvalue weighted by Crippen LogP contribution is 2.11. The number of hydrogen-bond donors (Lipinski definition) is 0. The highest BCUT2D eigenvalue weighted by molar-refractivity contribution is 5.78. The predicted octanol–water partition coefficient (Wildman–Crippen LogP) is 0.993. The zero-order valence-electron chi connectivity index (χ0n) is 7.66. The molecule has 0 heterocycles. The lowest BCUT2D eigenvalue weighted by Crippen LogP contribution is -2.42. The van der Waals surface area contributed by atoms with Gasteiger partial charge in [-0.1, -0.05) is 0 Å². The maximum Gasteiger partial charge on any atom is 0.384 e. The third kappa shape index (κ3) is 2.48. The first-order chi connectivity index (χ1) is 5.28. The van der Waals surface area contributed by atoms with Crippen molar-refractivity contribution in [2.45, 2.75) is 39.3 Å². The highest BCUT2D eigenvalue weighted by atomic mass is 16.6. The Hall–Kier alpha value is -1.13. The van der Waals surface area contributed by atoms with E-state index in [1.807, 2.05) is 0 Å². The van der Waals surface area contributed by atoms with Crippen molar-refractivity contribution in [1.29, 1.82) is 0 Å². The number of ether oxygens (including phenoxy) is 1. The van der Waals surface area contributed by atoms with E-state index in [1.54, 1.807) is 13.8 Å². The summed E-state index contributed by atoms with van der Waals surface area (Å²) in [7, 11) is 0. The molecule has 0 rings (SSSR count). The van der Waals surface area contributed by atoms with Gasteiger partial charge in [0.1, 0.15) is 0 Å². The summed E-state index contributed by atoms with van der Waals surface area (Å²) in [5.74, 6) is -0.803. The summed E-state index contributed by atoms with van der Waals surface area (Å²) in [6, 6.07) is 0. The Morgan fingerprint density at radius 1 is 1.50 bits per heavy atom. The van der Waals surface area contributed by atoms with Crippen molar-refractivity contribution in [1.82, 2.24) is 0 Å². The van der Waals surface area contributed by atoms with Crippen LogP contribution in [0, 0.1) is 10.1 Å². The number of rotatable bonds is 3. The van der Waals surface area contributed by atoms with Gasteiger partial charge in [0.15, 0.2) is 0 Å². The third-order valence-corrected chi connectivity index (χ3v) is 1.30. The Morgan fingerprint density at radius 3 is 2.17 bits per heavy atom. The first-order valence-corrected chi connectivity index (χ1v) is 3.64. The molecule has 0 aliphatic heterocycles. The molecule has 0 aliphatic rings. The summed E-state index contributed by atoms with van der Waals surface area (Å²) in [6.45, 7) is 5.73. The van der Waals surface area contributed by atoms with E-state index in [4.69, 9.17) is 4.74 Å². The van der Waals surface area contributed by atoms with E-state index in [1.165, 1.54) is 13.8 Å². The predicted molar refractivity (Wildman–Crippen MR) is 42.3 cm³/mol. The average Bonchev–Trinajstić information content (AvgIpc) is 1.85. The van der Waals surface area contributed by atoms with Crippen LogP contribution in [0.3, 0.4) is 0 Å². The molecule has 0 spiro atoms. The van der Waals surface area contributed by atoms with Gasteiger partial charge in [-0.15, -0.1) is 0 Å². The Balaban J connectivity index is 4.36. The fourth-order valence-corrected chi connectivity index (χ4v) is 0.433. The molecule has 0 fully saturated rings. The van der Waals surface area contributed by atoms with Gasteiger partial charge < -0.3 is 4.74 Å². The Morgan fingerprint density at radius 2 is 1.92 bits per heavy atom. The van der Waals surface area contributed by atoms with E-state index in [9.17, 15) is 14.9 Å². The second kappa shape index (κ2) is 3.51. The molecule has 0 aromatic carbocycles. The molecular formula is C7H13NO4. The van der Waals surface area contributed by atoms with Gasteiger partial charge in [0.2, 0.25) is 0 Å². The number of nitro groups is 1. The summed E-state index contributed by atoms with van der Waals surface area (Å²) in [5, 5.41) is 10.3. The van der Waals surface area contributed by atoms with Crippen molar-refractivity contribution in [2.75, 3.05) is 0 Å². The van der Waals surface area contributed by atoms with Gasteiger partial charge in [-0.2, -0.15) is 0 Å². The molecule has 0 atom stereocenters. The average molecular weight is 175 g/mol. The zero-order chi connectivity index (χ0) is 9.94. The van der Waals surface area contributed by atoms with Crippen molar-refractivity contribution >= 4 is 5.97 Å². The largest absolute Gasteiger partial charge is 0.458 e. The lowest BCUT2D eigenvalue weighted by atomic mass is 10.1. The van der Waals surface area contributed by atoms with Crippen LogP contribution in [0.2, 0.25) is 0 Å². The first kappa shape index (κ1) is 10.9. The zero-order valence-corrected chi connectivity index (χ0v) is 7.66. The van der Waals surface area contributed by atoms with Gasteiger partial charge in [0.25, 0.3) is 0 Å². The molecule has 0 unspecified atom stereocenters. The number of hydrogen-bond acceptors (Lipinski definition) is 4. The Bertz CT molecular complexity index is 198. The molecule has 5 heteroatoms.